The molecule has 7 heteroatoms. The molecule has 29 heavy (non-hydrogen) atoms. The molecule has 1 heterocycles. The fourth-order valence-corrected chi connectivity index (χ4v) is 3.46. The van der Waals surface area contributed by atoms with Gasteiger partial charge in [0, 0.05) is 40.9 Å². The van der Waals surface area contributed by atoms with Crippen LogP contribution in [-0.2, 0) is 9.59 Å². The van der Waals surface area contributed by atoms with E-state index in [1.807, 2.05) is 24.3 Å². The van der Waals surface area contributed by atoms with E-state index in [-0.39, 0.29) is 30.1 Å². The average molecular weight is 458 g/mol. The van der Waals surface area contributed by atoms with Crippen LogP contribution in [0.2, 0.25) is 0 Å². The van der Waals surface area contributed by atoms with Gasteiger partial charge in [0.15, 0.2) is 0 Å². The molecule has 6 nitrogen and oxygen atoms in total. The third-order valence-electron chi connectivity index (χ3n) is 4.88. The zero-order valence-electron chi connectivity index (χ0n) is 16.3. The number of nitrogens with one attached hydrogen (secondary N) is 2. The first-order valence-electron chi connectivity index (χ1n) is 9.72. The Hall–Kier alpha value is -2.67. The number of benzene rings is 2. The molecular formula is C22H24BrN3O3. The molecule has 152 valence electrons. The van der Waals surface area contributed by atoms with E-state index in [1.165, 1.54) is 0 Å². The Morgan fingerprint density at radius 1 is 1.03 bits per heavy atom. The number of amides is 3. The van der Waals surface area contributed by atoms with E-state index in [0.717, 1.165) is 17.3 Å². The molecule has 2 aromatic carbocycles. The van der Waals surface area contributed by atoms with Crippen molar-refractivity contribution >= 4 is 45.0 Å². The topological polar surface area (TPSA) is 78.5 Å². The van der Waals surface area contributed by atoms with E-state index >= 15 is 0 Å². The highest BCUT2D eigenvalue weighted by atomic mass is 79.9. The summed E-state index contributed by atoms with van der Waals surface area (Å²) in [6.07, 6.45) is 2.22. The lowest BCUT2D eigenvalue weighted by atomic mass is 10.1. The van der Waals surface area contributed by atoms with Crippen LogP contribution < -0.4 is 10.6 Å². The van der Waals surface area contributed by atoms with Gasteiger partial charge in [-0.25, -0.2) is 0 Å². The minimum atomic E-state index is -0.334. The second-order valence-electron chi connectivity index (χ2n) is 7.12. The molecule has 1 atom stereocenters. The normalized spacial score (nSPS) is 16.0. The number of rotatable bonds is 7. The van der Waals surface area contributed by atoms with Crippen molar-refractivity contribution in [3.05, 3.63) is 58.6 Å². The van der Waals surface area contributed by atoms with Crippen molar-refractivity contribution in [3.8, 4) is 0 Å². The summed E-state index contributed by atoms with van der Waals surface area (Å²) in [5.41, 5.74) is 1.80. The molecule has 0 saturated carbocycles. The molecule has 1 aliphatic heterocycles. The van der Waals surface area contributed by atoms with E-state index in [9.17, 15) is 14.4 Å². The minimum Gasteiger partial charge on any atom is -0.342 e. The predicted octanol–water partition coefficient (Wildman–Crippen LogP) is 4.29. The summed E-state index contributed by atoms with van der Waals surface area (Å²) in [7, 11) is 0. The van der Waals surface area contributed by atoms with Crippen LogP contribution in [0.4, 0.5) is 11.4 Å². The van der Waals surface area contributed by atoms with E-state index in [1.54, 1.807) is 29.2 Å². The molecular weight excluding hydrogens is 434 g/mol. The maximum atomic E-state index is 12.5. The van der Waals surface area contributed by atoms with Crippen molar-refractivity contribution in [2.75, 3.05) is 23.7 Å². The van der Waals surface area contributed by atoms with Crippen LogP contribution in [0.25, 0.3) is 0 Å². The highest BCUT2D eigenvalue weighted by molar-refractivity contribution is 9.10. The van der Waals surface area contributed by atoms with Crippen molar-refractivity contribution in [2.45, 2.75) is 26.2 Å². The van der Waals surface area contributed by atoms with E-state index in [0.29, 0.717) is 30.0 Å². The largest absolute Gasteiger partial charge is 0.342 e. The number of halogens is 1. The Balaban J connectivity index is 1.55. The molecule has 1 aliphatic rings. The number of carbonyl (C=O) groups is 3. The zero-order chi connectivity index (χ0) is 20.8. The third kappa shape index (κ3) is 5.67. The summed E-state index contributed by atoms with van der Waals surface area (Å²) in [4.78, 5) is 38.6. The Bertz CT molecular complexity index is 881. The lowest BCUT2D eigenvalue weighted by molar-refractivity contribution is -0.128. The minimum absolute atomic E-state index is 0.0403. The number of carbonyl (C=O) groups excluding carboxylic acids is 3. The van der Waals surface area contributed by atoms with Crippen molar-refractivity contribution < 1.29 is 14.4 Å². The van der Waals surface area contributed by atoms with E-state index in [2.05, 4.69) is 33.5 Å². The Labute approximate surface area is 178 Å². The summed E-state index contributed by atoms with van der Waals surface area (Å²) in [6, 6.07) is 14.0. The SMILES string of the molecule is CCCCN1C[C@H](C(=O)Nc2ccc(C(=O)Nc3ccc(Br)cc3)cc2)CC1=O. The Morgan fingerprint density at radius 3 is 2.31 bits per heavy atom. The number of hydrogen-bond acceptors (Lipinski definition) is 3. The summed E-state index contributed by atoms with van der Waals surface area (Å²) < 4.78 is 0.938. The van der Waals surface area contributed by atoms with Gasteiger partial charge in [0.05, 0.1) is 5.92 Å². The van der Waals surface area contributed by atoms with Gasteiger partial charge in [0.1, 0.15) is 0 Å². The molecule has 3 amide bonds. The van der Waals surface area contributed by atoms with Crippen LogP contribution in [0.5, 0.6) is 0 Å². The summed E-state index contributed by atoms with van der Waals surface area (Å²) in [5.74, 6) is -0.680. The second-order valence-corrected chi connectivity index (χ2v) is 8.04. The standard InChI is InChI=1S/C22H24BrN3O3/c1-2-3-12-26-14-16(13-20(26)27)22(29)25-18-8-4-15(5-9-18)21(28)24-19-10-6-17(23)7-11-19/h4-11,16H,2-3,12-14H2,1H3,(H,24,28)(H,25,29)/t16-/m1/s1. The smallest absolute Gasteiger partial charge is 0.255 e. The Kier molecular flexibility index (Phi) is 7.04. The molecule has 0 unspecified atom stereocenters. The van der Waals surface area contributed by atoms with Gasteiger partial charge in [-0.15, -0.1) is 0 Å². The van der Waals surface area contributed by atoms with Gasteiger partial charge >= 0.3 is 0 Å². The number of anilines is 2. The van der Waals surface area contributed by atoms with Crippen molar-refractivity contribution in [2.24, 2.45) is 5.92 Å². The highest BCUT2D eigenvalue weighted by Gasteiger charge is 2.33. The first-order chi connectivity index (χ1) is 14.0. The van der Waals surface area contributed by atoms with Crippen LogP contribution in [0, 0.1) is 5.92 Å². The number of likely N-dealkylation sites (tertiary alicyclic amines) is 1. The monoisotopic (exact) mass is 457 g/mol. The second kappa shape index (κ2) is 9.69. The molecule has 1 saturated heterocycles. The Morgan fingerprint density at radius 2 is 1.66 bits per heavy atom. The molecule has 3 rings (SSSR count). The summed E-state index contributed by atoms with van der Waals surface area (Å²) in [6.45, 7) is 3.26. The van der Waals surface area contributed by atoms with Gasteiger partial charge in [-0.1, -0.05) is 29.3 Å². The molecule has 0 radical (unpaired) electrons. The first kappa shape index (κ1) is 21.0. The van der Waals surface area contributed by atoms with Gasteiger partial charge in [0.25, 0.3) is 5.91 Å². The third-order valence-corrected chi connectivity index (χ3v) is 5.41. The fraction of sp³-hybridized carbons (Fsp3) is 0.318. The maximum Gasteiger partial charge on any atom is 0.255 e. The highest BCUT2D eigenvalue weighted by Crippen LogP contribution is 2.21. The molecule has 2 aromatic rings. The van der Waals surface area contributed by atoms with Gasteiger partial charge in [0.2, 0.25) is 11.8 Å². The molecule has 0 spiro atoms. The van der Waals surface area contributed by atoms with Crippen LogP contribution in [0.1, 0.15) is 36.5 Å². The summed E-state index contributed by atoms with van der Waals surface area (Å²) >= 11 is 3.36. The number of unbranched alkanes of at least 4 members (excludes halogenated alkanes) is 1. The van der Waals surface area contributed by atoms with Gasteiger partial charge in [-0.2, -0.15) is 0 Å². The van der Waals surface area contributed by atoms with Crippen LogP contribution in [0.15, 0.2) is 53.0 Å². The predicted molar refractivity (Wildman–Crippen MR) is 117 cm³/mol. The molecule has 0 aliphatic carbocycles. The average Bonchev–Trinajstić information content (AvgIpc) is 3.09. The van der Waals surface area contributed by atoms with Crippen molar-refractivity contribution in [1.82, 2.24) is 4.90 Å². The molecule has 0 aromatic heterocycles. The number of nitrogens with zero attached hydrogens (tertiary/aromatic N) is 1. The summed E-state index contributed by atoms with van der Waals surface area (Å²) in [5, 5.41) is 5.68. The first-order valence-corrected chi connectivity index (χ1v) is 10.5. The van der Waals surface area contributed by atoms with Crippen molar-refractivity contribution in [3.63, 3.8) is 0 Å². The van der Waals surface area contributed by atoms with Gasteiger partial charge < -0.3 is 15.5 Å². The quantitative estimate of drug-likeness (QED) is 0.650. The van der Waals surface area contributed by atoms with E-state index in [4.69, 9.17) is 0 Å². The molecule has 2 N–H and O–H groups in total. The molecule has 1 fully saturated rings. The van der Waals surface area contributed by atoms with Crippen LogP contribution >= 0.6 is 15.9 Å². The maximum absolute atomic E-state index is 12.5. The lowest BCUT2D eigenvalue weighted by Gasteiger charge is -2.16. The number of hydrogen-bond donors (Lipinski definition) is 2. The van der Waals surface area contributed by atoms with Crippen LogP contribution in [0.3, 0.4) is 0 Å². The van der Waals surface area contributed by atoms with Crippen LogP contribution in [-0.4, -0.2) is 35.7 Å². The van der Waals surface area contributed by atoms with Gasteiger partial charge in [-0.05, 0) is 55.0 Å². The van der Waals surface area contributed by atoms with Crippen molar-refractivity contribution in [1.29, 1.82) is 0 Å². The lowest BCUT2D eigenvalue weighted by Crippen LogP contribution is -2.29. The zero-order valence-corrected chi connectivity index (χ0v) is 17.9. The fourth-order valence-electron chi connectivity index (χ4n) is 3.20. The van der Waals surface area contributed by atoms with Gasteiger partial charge in [-0.3, -0.25) is 14.4 Å². The molecule has 0 bridgehead atoms. The van der Waals surface area contributed by atoms with E-state index < -0.39 is 0 Å².